The minimum atomic E-state index is -5.12. The summed E-state index contributed by atoms with van der Waals surface area (Å²) < 4.78 is 69.1. The van der Waals surface area contributed by atoms with Crippen molar-refractivity contribution in [1.29, 1.82) is 0 Å². The second-order valence-electron chi connectivity index (χ2n) is 9.84. The standard InChI is InChI=1S/C25H31F5O/c1-2-3-4-15-5-9-20-17(11-15)6-7-18-12-16(8-10-21(18)20)19-13-22(26)24(23(27)14-19)31-25(28,29)30/h2,13-18,20-21H,1,3-12H2. The molecule has 0 saturated heterocycles. The van der Waals surface area contributed by atoms with E-state index in [2.05, 4.69) is 11.3 Å². The molecule has 1 nitrogen and oxygen atoms in total. The molecule has 4 rings (SSSR count). The lowest BCUT2D eigenvalue weighted by molar-refractivity contribution is -0.276. The Balaban J connectivity index is 1.41. The molecule has 3 saturated carbocycles. The van der Waals surface area contributed by atoms with Gasteiger partial charge in [-0.3, -0.25) is 0 Å². The molecule has 3 aliphatic carbocycles. The van der Waals surface area contributed by atoms with Crippen LogP contribution in [0.5, 0.6) is 5.75 Å². The number of hydrogen-bond acceptors (Lipinski definition) is 1. The molecule has 0 N–H and O–H groups in total. The number of benzene rings is 1. The molecule has 31 heavy (non-hydrogen) atoms. The van der Waals surface area contributed by atoms with Crippen molar-refractivity contribution in [3.8, 4) is 5.75 Å². The zero-order valence-electron chi connectivity index (χ0n) is 17.8. The minimum absolute atomic E-state index is 0.00864. The predicted octanol–water partition coefficient (Wildman–Crippen LogP) is 8.16. The van der Waals surface area contributed by atoms with Crippen LogP contribution >= 0.6 is 0 Å². The SMILES string of the molecule is C=CCCC1CCC2C(CCC3CC(c4cc(F)c(OC(F)(F)F)c(F)c4)CCC32)C1. The molecule has 0 heterocycles. The van der Waals surface area contributed by atoms with Gasteiger partial charge in [-0.05, 0) is 111 Å². The number of allylic oxidation sites excluding steroid dienone is 1. The van der Waals surface area contributed by atoms with Crippen molar-refractivity contribution in [2.24, 2.45) is 29.6 Å². The lowest BCUT2D eigenvalue weighted by Gasteiger charge is -2.51. The van der Waals surface area contributed by atoms with Crippen molar-refractivity contribution in [2.45, 2.75) is 76.5 Å². The van der Waals surface area contributed by atoms with Crippen molar-refractivity contribution in [2.75, 3.05) is 0 Å². The van der Waals surface area contributed by atoms with E-state index in [0.29, 0.717) is 17.4 Å². The first-order valence-electron chi connectivity index (χ1n) is 11.6. The Kier molecular flexibility index (Phi) is 6.64. The maximum absolute atomic E-state index is 14.2. The average Bonchev–Trinajstić information content (AvgIpc) is 2.73. The summed E-state index contributed by atoms with van der Waals surface area (Å²) >= 11 is 0. The monoisotopic (exact) mass is 442 g/mol. The van der Waals surface area contributed by atoms with Gasteiger partial charge in [-0.25, -0.2) is 8.78 Å². The summed E-state index contributed by atoms with van der Waals surface area (Å²) in [6, 6.07) is 2.07. The fourth-order valence-electron chi connectivity index (χ4n) is 6.84. The smallest absolute Gasteiger partial charge is 0.399 e. The van der Waals surface area contributed by atoms with Gasteiger partial charge in [0.1, 0.15) is 0 Å². The first-order valence-corrected chi connectivity index (χ1v) is 11.6. The van der Waals surface area contributed by atoms with Gasteiger partial charge in [0.2, 0.25) is 5.75 Å². The Morgan fingerprint density at radius 2 is 1.52 bits per heavy atom. The maximum atomic E-state index is 14.2. The van der Waals surface area contributed by atoms with Gasteiger partial charge in [-0.2, -0.15) is 0 Å². The number of halogens is 5. The van der Waals surface area contributed by atoms with E-state index in [0.717, 1.165) is 62.0 Å². The molecule has 172 valence electrons. The Morgan fingerprint density at radius 1 is 0.903 bits per heavy atom. The molecule has 0 amide bonds. The highest BCUT2D eigenvalue weighted by atomic mass is 19.4. The first kappa shape index (κ1) is 22.6. The number of ether oxygens (including phenoxy) is 1. The zero-order chi connectivity index (χ0) is 22.2. The molecular weight excluding hydrogens is 411 g/mol. The molecule has 1 aromatic rings. The van der Waals surface area contributed by atoms with E-state index in [4.69, 9.17) is 0 Å². The Hall–Kier alpha value is -1.59. The molecule has 1 aromatic carbocycles. The highest BCUT2D eigenvalue weighted by Gasteiger charge is 2.44. The van der Waals surface area contributed by atoms with Crippen LogP contribution in [0.2, 0.25) is 0 Å². The van der Waals surface area contributed by atoms with E-state index in [1.54, 1.807) is 0 Å². The summed E-state index contributed by atoms with van der Waals surface area (Å²) in [5, 5.41) is 0. The predicted molar refractivity (Wildman–Crippen MR) is 110 cm³/mol. The lowest BCUT2D eigenvalue weighted by Crippen LogP contribution is -2.41. The van der Waals surface area contributed by atoms with Gasteiger partial charge >= 0.3 is 6.36 Å². The fourth-order valence-corrected chi connectivity index (χ4v) is 6.84. The van der Waals surface area contributed by atoms with Crippen molar-refractivity contribution < 1.29 is 26.7 Å². The van der Waals surface area contributed by atoms with Crippen LogP contribution in [0, 0.1) is 41.2 Å². The summed E-state index contributed by atoms with van der Waals surface area (Å²) in [6.45, 7) is 3.84. The van der Waals surface area contributed by atoms with Gasteiger partial charge in [-0.15, -0.1) is 19.8 Å². The normalized spacial score (nSPS) is 33.3. The molecular formula is C25H31F5O. The summed E-state index contributed by atoms with van der Waals surface area (Å²) in [5.74, 6) is -0.336. The van der Waals surface area contributed by atoms with Crippen LogP contribution in [0.3, 0.4) is 0 Å². The minimum Gasteiger partial charge on any atom is -0.399 e. The number of hydrogen-bond donors (Lipinski definition) is 0. The molecule has 3 aliphatic rings. The van der Waals surface area contributed by atoms with Crippen LogP contribution in [0.4, 0.5) is 22.0 Å². The first-order chi connectivity index (χ1) is 14.7. The average molecular weight is 443 g/mol. The number of alkyl halides is 3. The van der Waals surface area contributed by atoms with Gasteiger partial charge in [0.05, 0.1) is 0 Å². The molecule has 3 fully saturated rings. The van der Waals surface area contributed by atoms with E-state index in [1.807, 2.05) is 6.08 Å². The van der Waals surface area contributed by atoms with Crippen LogP contribution in [-0.2, 0) is 0 Å². The van der Waals surface area contributed by atoms with Gasteiger partial charge < -0.3 is 4.74 Å². The van der Waals surface area contributed by atoms with Crippen LogP contribution in [-0.4, -0.2) is 6.36 Å². The molecule has 6 heteroatoms. The van der Waals surface area contributed by atoms with Crippen molar-refractivity contribution in [3.63, 3.8) is 0 Å². The highest BCUT2D eigenvalue weighted by molar-refractivity contribution is 5.33. The molecule has 0 aliphatic heterocycles. The number of fused-ring (bicyclic) bond motifs is 3. The second-order valence-corrected chi connectivity index (χ2v) is 9.84. The third-order valence-electron chi connectivity index (χ3n) is 8.14. The Bertz CT molecular complexity index is 766. The van der Waals surface area contributed by atoms with E-state index in [1.165, 1.54) is 32.1 Å². The number of rotatable bonds is 5. The van der Waals surface area contributed by atoms with Gasteiger partial charge in [-0.1, -0.05) is 12.5 Å². The molecule has 0 bridgehead atoms. The van der Waals surface area contributed by atoms with Gasteiger partial charge in [0, 0.05) is 0 Å². The van der Waals surface area contributed by atoms with Crippen molar-refractivity contribution >= 4 is 0 Å². The van der Waals surface area contributed by atoms with E-state index in [-0.39, 0.29) is 5.92 Å². The quantitative estimate of drug-likeness (QED) is 0.330. The summed E-state index contributed by atoms with van der Waals surface area (Å²) in [4.78, 5) is 0. The molecule has 0 spiro atoms. The summed E-state index contributed by atoms with van der Waals surface area (Å²) in [7, 11) is 0. The fraction of sp³-hybridized carbons (Fsp3) is 0.680. The Morgan fingerprint density at radius 3 is 2.13 bits per heavy atom. The van der Waals surface area contributed by atoms with Crippen LogP contribution < -0.4 is 4.74 Å². The molecule has 6 atom stereocenters. The molecule has 0 aromatic heterocycles. The highest BCUT2D eigenvalue weighted by Crippen LogP contribution is 2.55. The van der Waals surface area contributed by atoms with E-state index in [9.17, 15) is 22.0 Å². The van der Waals surface area contributed by atoms with E-state index >= 15 is 0 Å². The molecule has 6 unspecified atom stereocenters. The summed E-state index contributed by atoms with van der Waals surface area (Å²) in [5.41, 5.74) is 0.457. The maximum Gasteiger partial charge on any atom is 0.573 e. The lowest BCUT2D eigenvalue weighted by atomic mass is 9.55. The third kappa shape index (κ3) is 5.09. The van der Waals surface area contributed by atoms with Gasteiger partial charge in [0.25, 0.3) is 0 Å². The van der Waals surface area contributed by atoms with Crippen LogP contribution in [0.25, 0.3) is 0 Å². The van der Waals surface area contributed by atoms with Gasteiger partial charge in [0.15, 0.2) is 11.6 Å². The largest absolute Gasteiger partial charge is 0.573 e. The zero-order valence-corrected chi connectivity index (χ0v) is 17.8. The second kappa shape index (κ2) is 9.11. The van der Waals surface area contributed by atoms with Crippen LogP contribution in [0.15, 0.2) is 24.8 Å². The molecule has 0 radical (unpaired) electrons. The van der Waals surface area contributed by atoms with Crippen molar-refractivity contribution in [1.82, 2.24) is 0 Å². The van der Waals surface area contributed by atoms with E-state index < -0.39 is 23.7 Å². The topological polar surface area (TPSA) is 9.23 Å². The van der Waals surface area contributed by atoms with Crippen molar-refractivity contribution in [3.05, 3.63) is 42.0 Å². The Labute approximate surface area is 181 Å². The summed E-state index contributed by atoms with van der Waals surface area (Å²) in [6.07, 6.45) is 8.24. The van der Waals surface area contributed by atoms with Crippen LogP contribution in [0.1, 0.15) is 75.7 Å². The third-order valence-corrected chi connectivity index (χ3v) is 8.14.